The van der Waals surface area contributed by atoms with Crippen molar-refractivity contribution in [1.82, 2.24) is 0 Å². The van der Waals surface area contributed by atoms with Crippen LogP contribution in [0.5, 0.6) is 0 Å². The number of hydrogen-bond acceptors (Lipinski definition) is 4. The van der Waals surface area contributed by atoms with E-state index in [1.165, 1.54) is 11.1 Å². The minimum atomic E-state index is -0.865. The van der Waals surface area contributed by atoms with Crippen molar-refractivity contribution in [1.29, 1.82) is 0 Å². The van der Waals surface area contributed by atoms with E-state index in [-0.39, 0.29) is 18.0 Å². The zero-order chi connectivity index (χ0) is 18.2. The van der Waals surface area contributed by atoms with Crippen LogP contribution in [0, 0.1) is 12.8 Å². The second-order valence-electron chi connectivity index (χ2n) is 6.92. The molecule has 4 nitrogen and oxygen atoms in total. The first-order valence-corrected chi connectivity index (χ1v) is 9.62. The first-order valence-electron chi connectivity index (χ1n) is 9.62. The first-order chi connectivity index (χ1) is 12.1. The Kier molecular flexibility index (Phi) is 7.91. The topological polar surface area (TPSA) is 44.8 Å². The summed E-state index contributed by atoms with van der Waals surface area (Å²) in [4.78, 5) is 12.2. The zero-order valence-corrected chi connectivity index (χ0v) is 16.0. The van der Waals surface area contributed by atoms with Crippen LogP contribution in [-0.2, 0) is 19.0 Å². The van der Waals surface area contributed by atoms with Gasteiger partial charge in [0.2, 0.25) is 0 Å². The molecular formula is C21H32O4. The summed E-state index contributed by atoms with van der Waals surface area (Å²) in [6.45, 7) is 9.29. The number of ether oxygens (including phenoxy) is 3. The van der Waals surface area contributed by atoms with Crippen molar-refractivity contribution in [2.45, 2.75) is 71.7 Å². The Bertz CT molecular complexity index is 509. The van der Waals surface area contributed by atoms with Crippen LogP contribution in [-0.4, -0.2) is 31.6 Å². The minimum Gasteiger partial charge on any atom is -0.459 e. The number of benzene rings is 1. The lowest BCUT2D eigenvalue weighted by atomic mass is 9.89. The Labute approximate surface area is 151 Å². The van der Waals surface area contributed by atoms with Gasteiger partial charge in [0.1, 0.15) is 6.10 Å². The molecule has 0 unspecified atom stereocenters. The summed E-state index contributed by atoms with van der Waals surface area (Å²) in [7, 11) is 0. The molecule has 0 aromatic heterocycles. The van der Waals surface area contributed by atoms with Crippen molar-refractivity contribution in [3.8, 4) is 0 Å². The van der Waals surface area contributed by atoms with Gasteiger partial charge in [-0.25, -0.2) is 4.79 Å². The SMILES string of the molecule is CC.Cc1ccc(C2COC(C(=O)OC3CCC(C)CC3)OC2)cc1. The van der Waals surface area contributed by atoms with Gasteiger partial charge in [-0.2, -0.15) is 0 Å². The number of esters is 1. The van der Waals surface area contributed by atoms with Gasteiger partial charge in [-0.1, -0.05) is 50.6 Å². The van der Waals surface area contributed by atoms with Crippen LogP contribution in [0.2, 0.25) is 0 Å². The fraction of sp³-hybridized carbons (Fsp3) is 0.667. The molecule has 3 rings (SSSR count). The molecule has 2 fully saturated rings. The molecule has 1 saturated carbocycles. The van der Waals surface area contributed by atoms with Crippen LogP contribution in [0.15, 0.2) is 24.3 Å². The van der Waals surface area contributed by atoms with Gasteiger partial charge in [0.15, 0.2) is 0 Å². The van der Waals surface area contributed by atoms with E-state index in [4.69, 9.17) is 14.2 Å². The molecule has 1 heterocycles. The van der Waals surface area contributed by atoms with Crippen LogP contribution in [0.25, 0.3) is 0 Å². The van der Waals surface area contributed by atoms with Gasteiger partial charge in [0, 0.05) is 5.92 Å². The molecule has 0 atom stereocenters. The van der Waals surface area contributed by atoms with E-state index < -0.39 is 6.29 Å². The highest BCUT2D eigenvalue weighted by molar-refractivity contribution is 5.73. The number of carbonyl (C=O) groups excluding carboxylic acids is 1. The zero-order valence-electron chi connectivity index (χ0n) is 16.0. The molecule has 4 heteroatoms. The molecule has 0 bridgehead atoms. The van der Waals surface area contributed by atoms with Crippen LogP contribution >= 0.6 is 0 Å². The highest BCUT2D eigenvalue weighted by Crippen LogP contribution is 2.27. The Hall–Kier alpha value is -1.39. The fourth-order valence-corrected chi connectivity index (χ4v) is 3.24. The molecule has 0 radical (unpaired) electrons. The molecule has 25 heavy (non-hydrogen) atoms. The molecule has 1 aliphatic carbocycles. The Morgan fingerprint density at radius 3 is 2.12 bits per heavy atom. The minimum absolute atomic E-state index is 0.0284. The number of hydrogen-bond donors (Lipinski definition) is 0. The van der Waals surface area contributed by atoms with Crippen molar-refractivity contribution in [3.05, 3.63) is 35.4 Å². The lowest BCUT2D eigenvalue weighted by Gasteiger charge is -2.31. The van der Waals surface area contributed by atoms with Crippen molar-refractivity contribution < 1.29 is 19.0 Å². The monoisotopic (exact) mass is 348 g/mol. The normalized spacial score (nSPS) is 29.3. The average molecular weight is 348 g/mol. The van der Waals surface area contributed by atoms with Crippen LogP contribution in [0.1, 0.15) is 63.5 Å². The van der Waals surface area contributed by atoms with E-state index in [1.54, 1.807) is 0 Å². The van der Waals surface area contributed by atoms with Gasteiger partial charge < -0.3 is 14.2 Å². The highest BCUT2D eigenvalue weighted by Gasteiger charge is 2.32. The molecular weight excluding hydrogens is 316 g/mol. The molecule has 1 saturated heterocycles. The third-order valence-electron chi connectivity index (χ3n) is 4.88. The summed E-state index contributed by atoms with van der Waals surface area (Å²) in [5, 5.41) is 0. The van der Waals surface area contributed by atoms with Gasteiger partial charge in [-0.3, -0.25) is 0 Å². The average Bonchev–Trinajstić information content (AvgIpc) is 2.66. The van der Waals surface area contributed by atoms with E-state index in [2.05, 4.69) is 38.1 Å². The van der Waals surface area contributed by atoms with Gasteiger partial charge in [-0.05, 0) is 44.1 Å². The summed E-state index contributed by atoms with van der Waals surface area (Å²) < 4.78 is 16.8. The fourth-order valence-electron chi connectivity index (χ4n) is 3.24. The molecule has 2 aliphatic rings. The van der Waals surface area contributed by atoms with Crippen molar-refractivity contribution in [2.24, 2.45) is 5.92 Å². The van der Waals surface area contributed by atoms with Crippen molar-refractivity contribution >= 4 is 5.97 Å². The van der Waals surface area contributed by atoms with Gasteiger partial charge in [0.25, 0.3) is 6.29 Å². The Balaban J connectivity index is 0.00000109. The third-order valence-corrected chi connectivity index (χ3v) is 4.88. The van der Waals surface area contributed by atoms with Gasteiger partial charge in [-0.15, -0.1) is 0 Å². The summed E-state index contributed by atoms with van der Waals surface area (Å²) in [6.07, 6.45) is 3.31. The lowest BCUT2D eigenvalue weighted by molar-refractivity contribution is -0.219. The van der Waals surface area contributed by atoms with Gasteiger partial charge in [0.05, 0.1) is 13.2 Å². The smallest absolute Gasteiger partial charge is 0.363 e. The standard InChI is InChI=1S/C19H26O4.C2H6/c1-13-3-7-15(8-4-13)16-11-21-19(22-12-16)18(20)23-17-9-5-14(2)6-10-17;1-2/h3-4,7-8,14,16-17,19H,5-6,9-12H2,1-2H3;1-2H3. The predicted molar refractivity (Wildman–Crippen MR) is 98.5 cm³/mol. The quantitative estimate of drug-likeness (QED) is 0.749. The van der Waals surface area contributed by atoms with Crippen LogP contribution < -0.4 is 0 Å². The Morgan fingerprint density at radius 1 is 1.00 bits per heavy atom. The predicted octanol–water partition coefficient (Wildman–Crippen LogP) is 4.60. The molecule has 0 amide bonds. The Morgan fingerprint density at radius 2 is 1.56 bits per heavy atom. The van der Waals surface area contributed by atoms with Crippen molar-refractivity contribution in [3.63, 3.8) is 0 Å². The maximum absolute atomic E-state index is 12.2. The third kappa shape index (κ3) is 5.82. The second kappa shape index (κ2) is 9.93. The molecule has 1 aliphatic heterocycles. The first kappa shape index (κ1) is 19.9. The highest BCUT2D eigenvalue weighted by atomic mass is 16.7. The number of carbonyl (C=O) groups is 1. The maximum Gasteiger partial charge on any atom is 0.363 e. The van der Waals surface area contributed by atoms with E-state index in [9.17, 15) is 4.79 Å². The molecule has 1 aromatic rings. The van der Waals surface area contributed by atoms with Crippen LogP contribution in [0.4, 0.5) is 0 Å². The van der Waals surface area contributed by atoms with Gasteiger partial charge >= 0.3 is 5.97 Å². The molecule has 0 spiro atoms. The maximum atomic E-state index is 12.2. The number of aryl methyl sites for hydroxylation is 1. The molecule has 0 N–H and O–H groups in total. The summed E-state index contributed by atoms with van der Waals surface area (Å²) in [6, 6.07) is 8.35. The second-order valence-corrected chi connectivity index (χ2v) is 6.92. The summed E-state index contributed by atoms with van der Waals surface area (Å²) in [5.41, 5.74) is 2.42. The molecule has 140 valence electrons. The van der Waals surface area contributed by atoms with E-state index >= 15 is 0 Å². The largest absolute Gasteiger partial charge is 0.459 e. The molecule has 1 aromatic carbocycles. The van der Waals surface area contributed by atoms with E-state index in [1.807, 2.05) is 13.8 Å². The van der Waals surface area contributed by atoms with E-state index in [0.29, 0.717) is 13.2 Å². The van der Waals surface area contributed by atoms with E-state index in [0.717, 1.165) is 31.6 Å². The van der Waals surface area contributed by atoms with Crippen LogP contribution in [0.3, 0.4) is 0 Å². The lowest BCUT2D eigenvalue weighted by Crippen LogP contribution is -2.39. The number of rotatable bonds is 3. The summed E-state index contributed by atoms with van der Waals surface area (Å²) in [5.74, 6) is 0.546. The van der Waals surface area contributed by atoms with Crippen molar-refractivity contribution in [2.75, 3.05) is 13.2 Å². The summed E-state index contributed by atoms with van der Waals surface area (Å²) >= 11 is 0.